The van der Waals surface area contributed by atoms with Crippen LogP contribution in [0.5, 0.6) is 0 Å². The average molecular weight is 312 g/mol. The lowest BCUT2D eigenvalue weighted by molar-refractivity contribution is -0.269. The average Bonchev–Trinajstić information content (AvgIpc) is 2.33. The molecule has 0 aromatic rings. The van der Waals surface area contributed by atoms with Crippen LogP contribution in [0.15, 0.2) is 0 Å². The highest BCUT2D eigenvalue weighted by atomic mass is 16.6. The Morgan fingerprint density at radius 1 is 1.36 bits per heavy atom. The molecule has 6 nitrogen and oxygen atoms in total. The normalized spacial score (nSPS) is 25.4. The van der Waals surface area contributed by atoms with Crippen LogP contribution in [0.25, 0.3) is 0 Å². The zero-order valence-corrected chi connectivity index (χ0v) is 14.8. The van der Waals surface area contributed by atoms with Crippen molar-refractivity contribution in [1.82, 2.24) is 9.80 Å². The predicted octanol–water partition coefficient (Wildman–Crippen LogP) is 2.13. The van der Waals surface area contributed by atoms with E-state index in [0.717, 1.165) is 12.6 Å². The van der Waals surface area contributed by atoms with Gasteiger partial charge < -0.3 is 20.2 Å². The molecule has 22 heavy (non-hydrogen) atoms. The molecule has 2 atom stereocenters. The Morgan fingerprint density at radius 2 is 1.95 bits per heavy atom. The van der Waals surface area contributed by atoms with E-state index in [1.54, 1.807) is 0 Å². The largest absolute Gasteiger partial charge is 0.356 e. The van der Waals surface area contributed by atoms with Crippen molar-refractivity contribution in [2.45, 2.75) is 65.5 Å². The van der Waals surface area contributed by atoms with Crippen LogP contribution in [0.2, 0.25) is 0 Å². The van der Waals surface area contributed by atoms with Gasteiger partial charge in [-0.05, 0) is 40.0 Å². The summed E-state index contributed by atoms with van der Waals surface area (Å²) < 4.78 is 5.74. The van der Waals surface area contributed by atoms with Crippen molar-refractivity contribution in [1.29, 1.82) is 10.8 Å². The molecule has 0 aromatic heterocycles. The van der Waals surface area contributed by atoms with Crippen LogP contribution in [-0.4, -0.2) is 64.1 Å². The van der Waals surface area contributed by atoms with Gasteiger partial charge >= 0.3 is 0 Å². The molecule has 0 bridgehead atoms. The molecule has 1 heterocycles. The van der Waals surface area contributed by atoms with E-state index in [-0.39, 0.29) is 11.4 Å². The minimum Gasteiger partial charge on any atom is -0.356 e. The Kier molecular flexibility index (Phi) is 6.12. The third kappa shape index (κ3) is 5.04. The van der Waals surface area contributed by atoms with Gasteiger partial charge in [0.05, 0.1) is 11.8 Å². The van der Waals surface area contributed by atoms with Crippen LogP contribution in [0.1, 0.15) is 48.0 Å². The van der Waals surface area contributed by atoms with E-state index in [0.29, 0.717) is 25.6 Å². The lowest BCUT2D eigenvalue weighted by Crippen LogP contribution is -2.65. The van der Waals surface area contributed by atoms with Crippen LogP contribution in [0.4, 0.5) is 0 Å². The topological polar surface area (TPSA) is 83.6 Å². The lowest BCUT2D eigenvalue weighted by atomic mass is 9.86. The first-order valence-electron chi connectivity index (χ1n) is 7.95. The summed E-state index contributed by atoms with van der Waals surface area (Å²) >= 11 is 0. The standard InChI is InChI=1S/C16H32N4O2/c1-12(2)9-16(6)11-19(13(18)10-17)7-8-20(16)14(21)22-15(3,4)5/h10,12,14,17-18,21H,7-9,11H2,1-6H3. The highest BCUT2D eigenvalue weighted by Crippen LogP contribution is 2.31. The van der Waals surface area contributed by atoms with Crippen molar-refractivity contribution in [3.63, 3.8) is 0 Å². The molecule has 1 rings (SSSR count). The van der Waals surface area contributed by atoms with Gasteiger partial charge in [-0.2, -0.15) is 0 Å². The molecule has 1 aliphatic rings. The fraction of sp³-hybridized carbons (Fsp3) is 0.875. The van der Waals surface area contributed by atoms with E-state index in [1.807, 2.05) is 30.6 Å². The zero-order chi connectivity index (χ0) is 17.1. The van der Waals surface area contributed by atoms with Gasteiger partial charge in [-0.25, -0.2) is 4.90 Å². The monoisotopic (exact) mass is 312 g/mol. The van der Waals surface area contributed by atoms with Gasteiger partial charge in [0.25, 0.3) is 0 Å². The molecule has 0 aromatic carbocycles. The van der Waals surface area contributed by atoms with Crippen molar-refractivity contribution >= 4 is 12.1 Å². The molecular weight excluding hydrogens is 280 g/mol. The lowest BCUT2D eigenvalue weighted by Gasteiger charge is -2.52. The first kappa shape index (κ1) is 19.1. The molecule has 0 radical (unpaired) electrons. The fourth-order valence-electron chi connectivity index (χ4n) is 3.19. The number of amidine groups is 1. The molecule has 1 fully saturated rings. The number of piperazine rings is 1. The maximum Gasteiger partial charge on any atom is 0.217 e. The second kappa shape index (κ2) is 7.06. The molecule has 6 heteroatoms. The Labute approximate surface area is 134 Å². The van der Waals surface area contributed by atoms with Crippen molar-refractivity contribution in [3.8, 4) is 0 Å². The van der Waals surface area contributed by atoms with Gasteiger partial charge in [-0.3, -0.25) is 5.41 Å². The highest BCUT2D eigenvalue weighted by molar-refractivity contribution is 6.26. The maximum atomic E-state index is 10.5. The third-order valence-electron chi connectivity index (χ3n) is 3.89. The molecule has 0 spiro atoms. The maximum absolute atomic E-state index is 10.5. The van der Waals surface area contributed by atoms with E-state index in [2.05, 4.69) is 20.8 Å². The van der Waals surface area contributed by atoms with Gasteiger partial charge in [0.15, 0.2) is 0 Å². The van der Waals surface area contributed by atoms with Crippen LogP contribution in [0.3, 0.4) is 0 Å². The van der Waals surface area contributed by atoms with Gasteiger partial charge in [-0.15, -0.1) is 0 Å². The van der Waals surface area contributed by atoms with E-state index < -0.39 is 12.0 Å². The van der Waals surface area contributed by atoms with Crippen molar-refractivity contribution in [2.75, 3.05) is 19.6 Å². The molecule has 2 unspecified atom stereocenters. The van der Waals surface area contributed by atoms with Crippen molar-refractivity contribution < 1.29 is 9.84 Å². The molecular formula is C16H32N4O2. The van der Waals surface area contributed by atoms with E-state index in [4.69, 9.17) is 15.6 Å². The number of rotatable bonds is 5. The summed E-state index contributed by atoms with van der Waals surface area (Å²) in [5, 5.41) is 25.7. The first-order valence-corrected chi connectivity index (χ1v) is 7.95. The Balaban J connectivity index is 2.95. The molecule has 1 aliphatic heterocycles. The number of aliphatic hydroxyl groups is 1. The molecule has 128 valence electrons. The SMILES string of the molecule is CC(C)CC1(C)CN(C(=N)C=N)CCN1C(O)OC(C)(C)C. The summed E-state index contributed by atoms with van der Waals surface area (Å²) in [6.07, 6.45) is 1.01. The second-order valence-electron chi connectivity index (χ2n) is 7.80. The molecule has 0 amide bonds. The van der Waals surface area contributed by atoms with Crippen LogP contribution < -0.4 is 0 Å². The van der Waals surface area contributed by atoms with Gasteiger partial charge in [0, 0.05) is 25.2 Å². The zero-order valence-electron chi connectivity index (χ0n) is 14.8. The molecule has 1 saturated heterocycles. The summed E-state index contributed by atoms with van der Waals surface area (Å²) in [5.74, 6) is 0.685. The number of ether oxygens (including phenoxy) is 1. The summed E-state index contributed by atoms with van der Waals surface area (Å²) in [5.41, 5.74) is -0.719. The fourth-order valence-corrected chi connectivity index (χ4v) is 3.19. The van der Waals surface area contributed by atoms with Gasteiger partial charge in [-0.1, -0.05) is 13.8 Å². The molecule has 3 N–H and O–H groups in total. The minimum atomic E-state index is -0.958. The Bertz CT molecular complexity index is 405. The van der Waals surface area contributed by atoms with E-state index in [1.165, 1.54) is 0 Å². The molecule has 0 saturated carbocycles. The third-order valence-corrected chi connectivity index (χ3v) is 3.89. The summed E-state index contributed by atoms with van der Waals surface area (Å²) in [4.78, 5) is 3.89. The van der Waals surface area contributed by atoms with Crippen molar-refractivity contribution in [3.05, 3.63) is 0 Å². The number of hydrogen-bond acceptors (Lipinski definition) is 5. The highest BCUT2D eigenvalue weighted by Gasteiger charge is 2.42. The smallest absolute Gasteiger partial charge is 0.217 e. The predicted molar refractivity (Wildman–Crippen MR) is 89.5 cm³/mol. The number of nitrogens with one attached hydrogen (secondary N) is 2. The Hall–Kier alpha value is -0.980. The van der Waals surface area contributed by atoms with E-state index >= 15 is 0 Å². The van der Waals surface area contributed by atoms with Gasteiger partial charge in [0.2, 0.25) is 6.41 Å². The minimum absolute atomic E-state index is 0.223. The number of nitrogens with zero attached hydrogens (tertiary/aromatic N) is 2. The number of hydrogen-bond donors (Lipinski definition) is 3. The first-order chi connectivity index (χ1) is 9.98. The Morgan fingerprint density at radius 3 is 2.41 bits per heavy atom. The summed E-state index contributed by atoms with van der Waals surface area (Å²) in [7, 11) is 0. The quantitative estimate of drug-likeness (QED) is 0.412. The van der Waals surface area contributed by atoms with Crippen LogP contribution >= 0.6 is 0 Å². The second-order valence-corrected chi connectivity index (χ2v) is 7.80. The number of aliphatic hydroxyl groups excluding tert-OH is 1. The molecule has 0 aliphatic carbocycles. The summed E-state index contributed by atoms with van der Waals surface area (Å²) in [6, 6.07) is 0. The van der Waals surface area contributed by atoms with Gasteiger partial charge in [0.1, 0.15) is 5.84 Å². The summed E-state index contributed by atoms with van der Waals surface area (Å²) in [6.45, 7) is 14.0. The van der Waals surface area contributed by atoms with E-state index in [9.17, 15) is 5.11 Å². The van der Waals surface area contributed by atoms with Crippen LogP contribution in [-0.2, 0) is 4.74 Å². The van der Waals surface area contributed by atoms with Crippen LogP contribution in [0, 0.1) is 16.7 Å². The van der Waals surface area contributed by atoms with Crippen molar-refractivity contribution in [2.24, 2.45) is 5.92 Å².